The van der Waals surface area contributed by atoms with E-state index in [1.807, 2.05) is 59.5 Å². The van der Waals surface area contributed by atoms with E-state index in [2.05, 4.69) is 4.98 Å². The smallest absolute Gasteiger partial charge is 0.261 e. The fourth-order valence-corrected chi connectivity index (χ4v) is 3.90. The fraction of sp³-hybridized carbons (Fsp3) is 0.375. The summed E-state index contributed by atoms with van der Waals surface area (Å²) in [5.74, 6) is 0.184. The monoisotopic (exact) mass is 405 g/mol. The summed E-state index contributed by atoms with van der Waals surface area (Å²) in [5, 5.41) is 0.649. The molecule has 0 bridgehead atoms. The molecule has 0 radical (unpaired) electrons. The van der Waals surface area contributed by atoms with Gasteiger partial charge in [-0.1, -0.05) is 48.9 Å². The Morgan fingerprint density at radius 1 is 1.03 bits per heavy atom. The van der Waals surface area contributed by atoms with Crippen LogP contribution < -0.4 is 5.56 Å². The minimum absolute atomic E-state index is 0.00283. The van der Waals surface area contributed by atoms with Crippen LogP contribution in [0.15, 0.2) is 65.7 Å². The van der Waals surface area contributed by atoms with Gasteiger partial charge in [0.05, 0.1) is 30.4 Å². The van der Waals surface area contributed by atoms with E-state index < -0.39 is 0 Å². The van der Waals surface area contributed by atoms with Crippen LogP contribution in [0.1, 0.15) is 37.4 Å². The van der Waals surface area contributed by atoms with E-state index in [0.29, 0.717) is 38.0 Å². The molecule has 1 amide bonds. The maximum atomic E-state index is 12.6. The van der Waals surface area contributed by atoms with Crippen molar-refractivity contribution in [1.29, 1.82) is 0 Å². The molecule has 30 heavy (non-hydrogen) atoms. The van der Waals surface area contributed by atoms with Gasteiger partial charge in [0, 0.05) is 19.5 Å². The molecule has 0 N–H and O–H groups in total. The van der Waals surface area contributed by atoms with Crippen LogP contribution in [-0.2, 0) is 16.1 Å². The summed E-state index contributed by atoms with van der Waals surface area (Å²) in [4.78, 5) is 31.4. The normalized spacial score (nSPS) is 16.7. The van der Waals surface area contributed by atoms with E-state index in [0.717, 1.165) is 30.3 Å². The van der Waals surface area contributed by atoms with Crippen LogP contribution in [0.3, 0.4) is 0 Å². The number of aromatic nitrogens is 2. The zero-order valence-electron chi connectivity index (χ0n) is 17.1. The summed E-state index contributed by atoms with van der Waals surface area (Å²) in [6.07, 6.45) is 4.68. The van der Waals surface area contributed by atoms with E-state index in [4.69, 9.17) is 4.74 Å². The second kappa shape index (κ2) is 9.67. The topological polar surface area (TPSA) is 64.4 Å². The van der Waals surface area contributed by atoms with Crippen molar-refractivity contribution in [2.75, 3.05) is 19.7 Å². The number of amides is 1. The molecular weight excluding hydrogens is 378 g/mol. The second-order valence-electron chi connectivity index (χ2n) is 7.68. The van der Waals surface area contributed by atoms with Crippen molar-refractivity contribution in [2.24, 2.45) is 0 Å². The summed E-state index contributed by atoms with van der Waals surface area (Å²) in [6.45, 7) is 2.46. The number of fused-ring (bicyclic) bond motifs is 1. The van der Waals surface area contributed by atoms with Crippen molar-refractivity contribution >= 4 is 16.8 Å². The lowest BCUT2D eigenvalue weighted by atomic mass is 10.1. The van der Waals surface area contributed by atoms with Crippen LogP contribution in [0.2, 0.25) is 0 Å². The largest absolute Gasteiger partial charge is 0.370 e. The molecule has 6 nitrogen and oxygen atoms in total. The Balaban J connectivity index is 1.22. The maximum absolute atomic E-state index is 12.6. The lowest BCUT2D eigenvalue weighted by molar-refractivity contribution is -0.139. The van der Waals surface area contributed by atoms with Gasteiger partial charge in [-0.2, -0.15) is 0 Å². The number of hydrogen-bond donors (Lipinski definition) is 0. The number of carbonyl (C=O) groups is 1. The summed E-state index contributed by atoms with van der Waals surface area (Å²) in [6, 6.07) is 17.5. The van der Waals surface area contributed by atoms with Gasteiger partial charge in [0.2, 0.25) is 5.91 Å². The van der Waals surface area contributed by atoms with E-state index in [-0.39, 0.29) is 17.6 Å². The van der Waals surface area contributed by atoms with Gasteiger partial charge in [-0.25, -0.2) is 4.98 Å². The second-order valence-corrected chi connectivity index (χ2v) is 7.68. The SMILES string of the molecule is O=C(CCCCCn1cnc2ccccc2c1=O)N1CCO[C@H](c2ccccc2)C1. The first-order valence-corrected chi connectivity index (χ1v) is 10.6. The molecule has 4 rings (SSSR count). The van der Waals surface area contributed by atoms with Crippen molar-refractivity contribution in [3.8, 4) is 0 Å². The standard InChI is InChI=1S/C24H27N3O3/c28-23(26-15-16-30-22(17-26)19-9-3-1-4-10-19)13-5-2-8-14-27-18-25-21-12-7-6-11-20(21)24(27)29/h1,3-4,6-7,9-12,18,22H,2,5,8,13-17H2/t22-/m0/s1. The van der Waals surface area contributed by atoms with Crippen LogP contribution in [-0.4, -0.2) is 40.1 Å². The average Bonchev–Trinajstić information content (AvgIpc) is 2.81. The molecule has 1 saturated heterocycles. The minimum atomic E-state index is -0.0452. The van der Waals surface area contributed by atoms with Crippen molar-refractivity contribution in [3.63, 3.8) is 0 Å². The van der Waals surface area contributed by atoms with Gasteiger partial charge in [-0.15, -0.1) is 0 Å². The molecule has 0 unspecified atom stereocenters. The Labute approximate surface area is 176 Å². The Bertz CT molecular complexity index is 1050. The van der Waals surface area contributed by atoms with Gasteiger partial charge >= 0.3 is 0 Å². The first-order valence-electron chi connectivity index (χ1n) is 10.6. The highest BCUT2D eigenvalue weighted by molar-refractivity contribution is 5.77. The first-order chi connectivity index (χ1) is 14.7. The van der Waals surface area contributed by atoms with E-state index >= 15 is 0 Å². The maximum Gasteiger partial charge on any atom is 0.261 e. The molecule has 2 heterocycles. The molecule has 1 atom stereocenters. The molecule has 0 saturated carbocycles. The third-order valence-corrected chi connectivity index (χ3v) is 5.61. The number of morpholine rings is 1. The summed E-state index contributed by atoms with van der Waals surface area (Å²) >= 11 is 0. The molecule has 6 heteroatoms. The zero-order chi connectivity index (χ0) is 20.8. The molecule has 0 spiro atoms. The van der Waals surface area contributed by atoms with Gasteiger partial charge < -0.3 is 9.64 Å². The lowest BCUT2D eigenvalue weighted by Crippen LogP contribution is -2.42. The Morgan fingerprint density at radius 2 is 1.83 bits per heavy atom. The molecule has 1 aliphatic rings. The number of para-hydroxylation sites is 1. The number of nitrogens with zero attached hydrogens (tertiary/aromatic N) is 3. The van der Waals surface area contributed by atoms with Crippen LogP contribution in [0, 0.1) is 0 Å². The highest BCUT2D eigenvalue weighted by atomic mass is 16.5. The zero-order valence-corrected chi connectivity index (χ0v) is 17.1. The van der Waals surface area contributed by atoms with Crippen molar-refractivity contribution in [2.45, 2.75) is 38.3 Å². The van der Waals surface area contributed by atoms with Crippen LogP contribution >= 0.6 is 0 Å². The molecule has 0 aliphatic carbocycles. The number of rotatable bonds is 7. The van der Waals surface area contributed by atoms with Crippen molar-refractivity contribution in [3.05, 3.63) is 76.8 Å². The molecule has 1 fully saturated rings. The highest BCUT2D eigenvalue weighted by Crippen LogP contribution is 2.22. The first kappa shape index (κ1) is 20.3. The van der Waals surface area contributed by atoms with Gasteiger partial charge in [0.15, 0.2) is 0 Å². The predicted molar refractivity (Wildman–Crippen MR) is 116 cm³/mol. The van der Waals surface area contributed by atoms with Gasteiger partial charge in [0.1, 0.15) is 6.10 Å². The molecule has 2 aromatic carbocycles. The lowest BCUT2D eigenvalue weighted by Gasteiger charge is -2.33. The van der Waals surface area contributed by atoms with Gasteiger partial charge in [-0.05, 0) is 30.5 Å². The Kier molecular flexibility index (Phi) is 6.54. The Hall–Kier alpha value is -2.99. The quantitative estimate of drug-likeness (QED) is 0.564. The number of benzene rings is 2. The molecule has 3 aromatic rings. The molecule has 156 valence electrons. The summed E-state index contributed by atoms with van der Waals surface area (Å²) in [7, 11) is 0. The highest BCUT2D eigenvalue weighted by Gasteiger charge is 2.24. The number of aryl methyl sites for hydroxylation is 1. The number of unbranched alkanes of at least 4 members (excludes halogenated alkanes) is 2. The van der Waals surface area contributed by atoms with Crippen LogP contribution in [0.25, 0.3) is 10.9 Å². The molecule has 1 aromatic heterocycles. The van der Waals surface area contributed by atoms with Crippen LogP contribution in [0.5, 0.6) is 0 Å². The van der Waals surface area contributed by atoms with E-state index in [1.54, 1.807) is 10.9 Å². The summed E-state index contributed by atoms with van der Waals surface area (Å²) < 4.78 is 7.51. The number of hydrogen-bond acceptors (Lipinski definition) is 4. The Morgan fingerprint density at radius 3 is 2.70 bits per heavy atom. The van der Waals surface area contributed by atoms with Gasteiger partial charge in [-0.3, -0.25) is 14.2 Å². The number of ether oxygens (including phenoxy) is 1. The van der Waals surface area contributed by atoms with Crippen molar-refractivity contribution < 1.29 is 9.53 Å². The third kappa shape index (κ3) is 4.76. The van der Waals surface area contributed by atoms with Crippen LogP contribution in [0.4, 0.5) is 0 Å². The molecular formula is C24H27N3O3. The number of carbonyl (C=O) groups excluding carboxylic acids is 1. The van der Waals surface area contributed by atoms with Gasteiger partial charge in [0.25, 0.3) is 5.56 Å². The fourth-order valence-electron chi connectivity index (χ4n) is 3.90. The van der Waals surface area contributed by atoms with E-state index in [1.165, 1.54) is 0 Å². The molecule has 1 aliphatic heterocycles. The third-order valence-electron chi connectivity index (χ3n) is 5.61. The summed E-state index contributed by atoms with van der Waals surface area (Å²) in [5.41, 5.74) is 1.84. The predicted octanol–water partition coefficient (Wildman–Crippen LogP) is 3.56. The van der Waals surface area contributed by atoms with E-state index in [9.17, 15) is 9.59 Å². The van der Waals surface area contributed by atoms with Crippen molar-refractivity contribution in [1.82, 2.24) is 14.5 Å². The average molecular weight is 405 g/mol. The minimum Gasteiger partial charge on any atom is -0.370 e.